The zero-order chi connectivity index (χ0) is 11.7. The van der Waals surface area contributed by atoms with Gasteiger partial charge in [0, 0.05) is 6.42 Å². The molecule has 1 aliphatic carbocycles. The fourth-order valence-corrected chi connectivity index (χ4v) is 2.76. The predicted molar refractivity (Wildman–Crippen MR) is 69.1 cm³/mol. The van der Waals surface area contributed by atoms with E-state index in [2.05, 4.69) is 24.3 Å². The molecular weight excluding hydrogens is 210 g/mol. The third-order valence-electron chi connectivity index (χ3n) is 3.80. The summed E-state index contributed by atoms with van der Waals surface area (Å²) in [5.74, 6) is 1.04. The van der Waals surface area contributed by atoms with Crippen molar-refractivity contribution in [2.75, 3.05) is 6.61 Å². The van der Waals surface area contributed by atoms with Crippen molar-refractivity contribution in [1.82, 2.24) is 0 Å². The van der Waals surface area contributed by atoms with Crippen molar-refractivity contribution in [2.24, 2.45) is 5.73 Å². The number of ether oxygens (including phenoxy) is 1. The SMILES string of the molecule is NC(C1=CCCCC1)c1ccc2c(c1)CCO2. The van der Waals surface area contributed by atoms with Gasteiger partial charge in [0.15, 0.2) is 0 Å². The standard InChI is InChI=1S/C15H19NO/c16-15(11-4-2-1-3-5-11)13-6-7-14-12(10-13)8-9-17-14/h4,6-7,10,15H,1-3,5,8-9,16H2. The van der Waals surface area contributed by atoms with E-state index in [9.17, 15) is 0 Å². The molecule has 0 bridgehead atoms. The molecule has 1 unspecified atom stereocenters. The highest BCUT2D eigenvalue weighted by Gasteiger charge is 2.17. The molecule has 0 saturated heterocycles. The highest BCUT2D eigenvalue weighted by molar-refractivity contribution is 5.42. The summed E-state index contributed by atoms with van der Waals surface area (Å²) < 4.78 is 5.52. The van der Waals surface area contributed by atoms with E-state index >= 15 is 0 Å². The molecular formula is C15H19NO. The number of hydrogen-bond acceptors (Lipinski definition) is 2. The van der Waals surface area contributed by atoms with Gasteiger partial charge in [-0.3, -0.25) is 0 Å². The Morgan fingerprint density at radius 1 is 1.18 bits per heavy atom. The third kappa shape index (κ3) is 2.09. The lowest BCUT2D eigenvalue weighted by Gasteiger charge is -2.20. The van der Waals surface area contributed by atoms with Gasteiger partial charge in [0.1, 0.15) is 5.75 Å². The maximum absolute atomic E-state index is 6.35. The van der Waals surface area contributed by atoms with Gasteiger partial charge in [-0.15, -0.1) is 0 Å². The van der Waals surface area contributed by atoms with E-state index in [1.165, 1.54) is 36.0 Å². The van der Waals surface area contributed by atoms with Crippen molar-refractivity contribution < 1.29 is 4.74 Å². The molecule has 0 aromatic heterocycles. The van der Waals surface area contributed by atoms with Crippen LogP contribution < -0.4 is 10.5 Å². The van der Waals surface area contributed by atoms with Crippen molar-refractivity contribution in [3.8, 4) is 5.75 Å². The Labute approximate surface area is 102 Å². The van der Waals surface area contributed by atoms with E-state index < -0.39 is 0 Å². The van der Waals surface area contributed by atoms with Gasteiger partial charge in [-0.25, -0.2) is 0 Å². The van der Waals surface area contributed by atoms with Crippen LogP contribution in [0.3, 0.4) is 0 Å². The zero-order valence-electron chi connectivity index (χ0n) is 10.1. The van der Waals surface area contributed by atoms with Crippen LogP contribution in [0, 0.1) is 0 Å². The smallest absolute Gasteiger partial charge is 0.122 e. The van der Waals surface area contributed by atoms with Gasteiger partial charge in [0.25, 0.3) is 0 Å². The molecule has 1 aromatic carbocycles. The third-order valence-corrected chi connectivity index (χ3v) is 3.80. The topological polar surface area (TPSA) is 35.2 Å². The normalized spacial score (nSPS) is 20.4. The molecule has 2 heteroatoms. The van der Waals surface area contributed by atoms with Crippen molar-refractivity contribution in [1.29, 1.82) is 0 Å². The van der Waals surface area contributed by atoms with Crippen LogP contribution in [-0.4, -0.2) is 6.61 Å². The van der Waals surface area contributed by atoms with E-state index in [-0.39, 0.29) is 6.04 Å². The summed E-state index contributed by atoms with van der Waals surface area (Å²) in [6.07, 6.45) is 8.31. The molecule has 2 nitrogen and oxygen atoms in total. The Kier molecular flexibility index (Phi) is 2.89. The number of hydrogen-bond donors (Lipinski definition) is 1. The number of rotatable bonds is 2. The largest absolute Gasteiger partial charge is 0.493 e. The van der Waals surface area contributed by atoms with Gasteiger partial charge in [-0.2, -0.15) is 0 Å². The zero-order valence-corrected chi connectivity index (χ0v) is 10.1. The second-order valence-electron chi connectivity index (χ2n) is 4.97. The number of benzene rings is 1. The van der Waals surface area contributed by atoms with Crippen LogP contribution in [0.5, 0.6) is 5.75 Å². The fourth-order valence-electron chi connectivity index (χ4n) is 2.76. The van der Waals surface area contributed by atoms with E-state index in [1.54, 1.807) is 0 Å². The minimum absolute atomic E-state index is 0.0844. The van der Waals surface area contributed by atoms with Crippen molar-refractivity contribution in [3.63, 3.8) is 0 Å². The monoisotopic (exact) mass is 229 g/mol. The lowest BCUT2D eigenvalue weighted by Crippen LogP contribution is -2.15. The lowest BCUT2D eigenvalue weighted by atomic mass is 9.90. The first-order chi connectivity index (χ1) is 8.34. The van der Waals surface area contributed by atoms with Gasteiger partial charge in [-0.05, 0) is 42.9 Å². The molecule has 0 amide bonds. The van der Waals surface area contributed by atoms with E-state index in [0.717, 1.165) is 25.2 Å². The van der Waals surface area contributed by atoms with Gasteiger partial charge < -0.3 is 10.5 Å². The van der Waals surface area contributed by atoms with Crippen LogP contribution in [0.25, 0.3) is 0 Å². The molecule has 0 fully saturated rings. The number of fused-ring (bicyclic) bond motifs is 1. The number of nitrogens with two attached hydrogens (primary N) is 1. The molecule has 3 rings (SSSR count). The fraction of sp³-hybridized carbons (Fsp3) is 0.467. The van der Waals surface area contributed by atoms with Crippen LogP contribution in [-0.2, 0) is 6.42 Å². The first-order valence-electron chi connectivity index (χ1n) is 6.55. The second-order valence-corrected chi connectivity index (χ2v) is 4.97. The van der Waals surface area contributed by atoms with E-state index in [0.29, 0.717) is 0 Å². The summed E-state index contributed by atoms with van der Waals surface area (Å²) in [6, 6.07) is 6.49. The second kappa shape index (κ2) is 4.53. The molecule has 0 radical (unpaired) electrons. The maximum Gasteiger partial charge on any atom is 0.122 e. The average molecular weight is 229 g/mol. The Hall–Kier alpha value is -1.28. The maximum atomic E-state index is 6.35. The van der Waals surface area contributed by atoms with Gasteiger partial charge in [-0.1, -0.05) is 23.8 Å². The minimum atomic E-state index is 0.0844. The molecule has 1 heterocycles. The van der Waals surface area contributed by atoms with Gasteiger partial charge in [0.2, 0.25) is 0 Å². The van der Waals surface area contributed by atoms with Crippen molar-refractivity contribution in [3.05, 3.63) is 41.0 Å². The Morgan fingerprint density at radius 3 is 2.94 bits per heavy atom. The summed E-state index contributed by atoms with van der Waals surface area (Å²) in [7, 11) is 0. The van der Waals surface area contributed by atoms with Crippen LogP contribution >= 0.6 is 0 Å². The van der Waals surface area contributed by atoms with E-state index in [4.69, 9.17) is 10.5 Å². The Morgan fingerprint density at radius 2 is 2.12 bits per heavy atom. The quantitative estimate of drug-likeness (QED) is 0.791. The summed E-state index contributed by atoms with van der Waals surface area (Å²) in [6.45, 7) is 0.816. The molecule has 2 N–H and O–H groups in total. The summed E-state index contributed by atoms with van der Waals surface area (Å²) >= 11 is 0. The number of allylic oxidation sites excluding steroid dienone is 1. The summed E-state index contributed by atoms with van der Waals surface area (Å²) in [4.78, 5) is 0. The molecule has 17 heavy (non-hydrogen) atoms. The van der Waals surface area contributed by atoms with Crippen LogP contribution in [0.4, 0.5) is 0 Å². The van der Waals surface area contributed by atoms with Crippen LogP contribution in [0.1, 0.15) is 42.9 Å². The van der Waals surface area contributed by atoms with Gasteiger partial charge in [0.05, 0.1) is 12.6 Å². The lowest BCUT2D eigenvalue weighted by molar-refractivity contribution is 0.357. The predicted octanol–water partition coefficient (Wildman–Crippen LogP) is 3.12. The van der Waals surface area contributed by atoms with Gasteiger partial charge >= 0.3 is 0 Å². The average Bonchev–Trinajstić information content (AvgIpc) is 2.86. The van der Waals surface area contributed by atoms with Crippen molar-refractivity contribution >= 4 is 0 Å². The highest BCUT2D eigenvalue weighted by Crippen LogP contribution is 2.32. The Balaban J connectivity index is 1.86. The molecule has 1 aromatic rings. The minimum Gasteiger partial charge on any atom is -0.493 e. The molecule has 1 aliphatic heterocycles. The summed E-state index contributed by atoms with van der Waals surface area (Å²) in [5.41, 5.74) is 10.3. The molecule has 90 valence electrons. The molecule has 0 saturated carbocycles. The summed E-state index contributed by atoms with van der Waals surface area (Å²) in [5, 5.41) is 0. The molecule has 1 atom stereocenters. The first-order valence-corrected chi connectivity index (χ1v) is 6.55. The van der Waals surface area contributed by atoms with Crippen molar-refractivity contribution in [2.45, 2.75) is 38.1 Å². The highest BCUT2D eigenvalue weighted by atomic mass is 16.5. The first kappa shape index (κ1) is 10.8. The van der Waals surface area contributed by atoms with Crippen LogP contribution in [0.2, 0.25) is 0 Å². The molecule has 0 spiro atoms. The molecule has 2 aliphatic rings. The van der Waals surface area contributed by atoms with Crippen LogP contribution in [0.15, 0.2) is 29.8 Å². The van der Waals surface area contributed by atoms with E-state index in [1.807, 2.05) is 0 Å². The Bertz CT molecular complexity index is 450.